The smallest absolute Gasteiger partial charge is 0.148 e. The molecular weight excluding hydrogens is 1130 g/mol. The van der Waals surface area contributed by atoms with E-state index in [-0.39, 0.29) is 95.0 Å². The first-order valence-corrected chi connectivity index (χ1v) is 25.0. The van der Waals surface area contributed by atoms with Crippen LogP contribution in [-0.2, 0) is 42.7 Å². The van der Waals surface area contributed by atoms with E-state index in [0.29, 0.717) is 45.0 Å². The molecule has 0 radical (unpaired) electrons. The topological polar surface area (TPSA) is 50.9 Å². The molecular formula is C73H74N3OPt-. The van der Waals surface area contributed by atoms with Crippen molar-refractivity contribution in [3.05, 3.63) is 216 Å². The van der Waals surface area contributed by atoms with Crippen LogP contribution in [0.1, 0.15) is 167 Å². The molecule has 0 spiro atoms. The Morgan fingerprint density at radius 2 is 1.08 bits per heavy atom. The van der Waals surface area contributed by atoms with Gasteiger partial charge in [-0.25, -0.2) is 4.98 Å². The number of nitrogens with zero attached hydrogens (tertiary/aromatic N) is 3. The molecule has 0 atom stereocenters. The van der Waals surface area contributed by atoms with Gasteiger partial charge >= 0.3 is 0 Å². The first-order valence-electron chi connectivity index (χ1n) is 38.5. The van der Waals surface area contributed by atoms with Gasteiger partial charge in [0.15, 0.2) is 0 Å². The second kappa shape index (κ2) is 21.3. The number of pyridine rings is 1. The SMILES string of the molecule is [2H]c1cnc(-c2[c-]c(-c3cccc4c3nc(-c3cc(C(C([2H])([2H])[2H])(C([2H])([2H])[2H])C([2H])([2H])[2H])cc(C(C([2H])([2H])[2H])(C([2H])([2H])[2H])C([2H])([2H])[2H])c3O)n4-c3c(-c4ccccc4)cc(C(C)(C)C)cc3-c3ccccc3)cc(C(C)(C)C)c2)c([2H])c1-c1ccc(-c2ccccc2C([2H])(C([2H])([2H])[2H])C([2H])([2H])[2H])cc1.[Pt]. The fraction of sp³-hybridized carbons (Fsp3) is 0.260. The van der Waals surface area contributed by atoms with Crippen LogP contribution in [0.3, 0.4) is 0 Å². The van der Waals surface area contributed by atoms with Crippen LogP contribution in [0, 0.1) is 6.07 Å². The molecule has 398 valence electrons. The van der Waals surface area contributed by atoms with Gasteiger partial charge in [-0.2, -0.15) is 0 Å². The number of aromatic hydroxyl groups is 1. The zero-order valence-corrected chi connectivity index (χ0v) is 46.0. The summed E-state index contributed by atoms with van der Waals surface area (Å²) < 4.78 is 240. The Morgan fingerprint density at radius 1 is 0.538 bits per heavy atom. The van der Waals surface area contributed by atoms with Crippen molar-refractivity contribution in [1.29, 1.82) is 0 Å². The minimum absolute atomic E-state index is 0. The van der Waals surface area contributed by atoms with Gasteiger partial charge < -0.3 is 5.11 Å². The first kappa shape index (κ1) is 30.9. The summed E-state index contributed by atoms with van der Waals surface area (Å²) in [5, 5.41) is 13.5. The van der Waals surface area contributed by atoms with Gasteiger partial charge in [-0.15, -0.1) is 29.3 Å². The predicted octanol–water partition coefficient (Wildman–Crippen LogP) is 19.9. The van der Waals surface area contributed by atoms with Crippen LogP contribution in [0.15, 0.2) is 182 Å². The van der Waals surface area contributed by atoms with E-state index in [2.05, 4.69) is 11.1 Å². The summed E-state index contributed by atoms with van der Waals surface area (Å²) in [6, 6.07) is 46.1. The Hall–Kier alpha value is -7.13. The summed E-state index contributed by atoms with van der Waals surface area (Å²) >= 11 is 0. The summed E-state index contributed by atoms with van der Waals surface area (Å²) in [4.78, 5) is 9.95. The van der Waals surface area contributed by atoms with Crippen LogP contribution >= 0.6 is 0 Å². The van der Waals surface area contributed by atoms with Gasteiger partial charge in [0.05, 0.1) is 25.0 Å². The van der Waals surface area contributed by atoms with Gasteiger partial charge in [-0.1, -0.05) is 241 Å². The van der Waals surface area contributed by atoms with E-state index in [9.17, 15) is 7.85 Å². The van der Waals surface area contributed by atoms with Crippen molar-refractivity contribution >= 4 is 11.0 Å². The zero-order chi connectivity index (χ0) is 77.4. The van der Waals surface area contributed by atoms with Crippen LogP contribution in [0.2, 0.25) is 0 Å². The van der Waals surface area contributed by atoms with E-state index in [0.717, 1.165) is 5.56 Å². The van der Waals surface area contributed by atoms with Crippen LogP contribution in [0.25, 0.3) is 95.0 Å². The third-order valence-corrected chi connectivity index (χ3v) is 13.8. The van der Waals surface area contributed by atoms with E-state index in [1.807, 2.05) is 77.9 Å². The van der Waals surface area contributed by atoms with Gasteiger partial charge in [0, 0.05) is 83.9 Å². The number of rotatable bonds is 9. The maximum absolute atomic E-state index is 13.5. The minimum Gasteiger partial charge on any atom is -0.507 e. The third-order valence-electron chi connectivity index (χ3n) is 13.8. The second-order valence-corrected chi connectivity index (χ2v) is 21.5. The van der Waals surface area contributed by atoms with Crippen molar-refractivity contribution in [2.75, 3.05) is 0 Å². The van der Waals surface area contributed by atoms with E-state index in [4.69, 9.17) is 39.3 Å². The molecule has 0 aliphatic rings. The number of hydrogen-bond acceptors (Lipinski definition) is 3. The Bertz CT molecular complexity index is 4770. The number of benzene rings is 8. The molecule has 10 aromatic rings. The monoisotopic (exact) mass is 1230 g/mol. The van der Waals surface area contributed by atoms with Gasteiger partial charge in [0.1, 0.15) is 11.6 Å². The number of aromatic nitrogens is 3. The van der Waals surface area contributed by atoms with Crippen molar-refractivity contribution < 1.29 is 63.2 Å². The number of para-hydroxylation sites is 1. The summed E-state index contributed by atoms with van der Waals surface area (Å²) in [5.41, 5.74) is -8.40. The van der Waals surface area contributed by atoms with Crippen molar-refractivity contribution in [2.24, 2.45) is 0 Å². The van der Waals surface area contributed by atoms with E-state index in [1.54, 1.807) is 97.1 Å². The molecule has 0 unspecified atom stereocenters. The van der Waals surface area contributed by atoms with Gasteiger partial charge in [-0.3, -0.25) is 9.55 Å². The van der Waals surface area contributed by atoms with Gasteiger partial charge in [-0.05, 0) is 108 Å². The molecule has 0 aliphatic heterocycles. The average Bonchev–Trinajstić information content (AvgIpc) is 1.29. The van der Waals surface area contributed by atoms with Crippen molar-refractivity contribution in [3.8, 4) is 89.7 Å². The van der Waals surface area contributed by atoms with Crippen molar-refractivity contribution in [3.63, 3.8) is 0 Å². The average molecular weight is 1230 g/mol. The first-order chi connectivity index (χ1) is 47.6. The molecule has 0 aliphatic carbocycles. The Kier molecular flexibility index (Phi) is 8.41. The van der Waals surface area contributed by atoms with Gasteiger partial charge in [0.25, 0.3) is 0 Å². The molecule has 1 N–H and O–H groups in total. The third kappa shape index (κ3) is 11.0. The standard InChI is InChI=1S/C73H74N3O.Pt/c1-46(2)57-28-21-22-29-58(57)50-34-32-47(33-35-50)51-36-37-74-64(41-51)53-38-52(39-54(40-53)70(3,4)5)59-30-23-31-65-66(59)75-69(62-44-56(72(9,10)11)45-63(68(62)77)73(12,13)14)76(65)67-60(48-24-17-15-18-25-48)42-55(71(6,7)8)43-61(67)49-26-19-16-20-27-49;/h15-37,39-46,77H,1-14H3;/q-1;/i1D3,2D3,9D3,10D3,11D3,12D3,13D3,14D3,36D,41D,46D;. The normalized spacial score (nSPS) is 18.8. The van der Waals surface area contributed by atoms with E-state index >= 15 is 0 Å². The second-order valence-electron chi connectivity index (χ2n) is 21.5. The van der Waals surface area contributed by atoms with E-state index in [1.165, 1.54) is 29.0 Å². The summed E-state index contributed by atoms with van der Waals surface area (Å²) in [7, 11) is 0. The molecule has 78 heavy (non-hydrogen) atoms. The van der Waals surface area contributed by atoms with Crippen LogP contribution in [0.5, 0.6) is 5.75 Å². The molecule has 0 amide bonds. The predicted molar refractivity (Wildman–Crippen MR) is 326 cm³/mol. The maximum atomic E-state index is 13.5. The molecule has 0 fully saturated rings. The van der Waals surface area contributed by atoms with Gasteiger partial charge in [0.2, 0.25) is 0 Å². The van der Waals surface area contributed by atoms with Crippen LogP contribution < -0.4 is 0 Å². The Balaban J connectivity index is 0.0000128. The molecule has 4 nitrogen and oxygen atoms in total. The zero-order valence-electron chi connectivity index (χ0n) is 70.8. The van der Waals surface area contributed by atoms with Crippen molar-refractivity contribution in [1.82, 2.24) is 14.5 Å². The quantitative estimate of drug-likeness (QED) is 0.147. The molecule has 0 saturated heterocycles. The molecule has 2 heterocycles. The molecule has 8 aromatic carbocycles. The number of imidazole rings is 1. The van der Waals surface area contributed by atoms with Crippen LogP contribution in [-0.4, -0.2) is 19.6 Å². The molecule has 10 rings (SSSR count). The largest absolute Gasteiger partial charge is 0.507 e. The Labute approximate surface area is 516 Å². The number of phenolic OH excluding ortho intramolecular Hbond substituents is 1. The van der Waals surface area contributed by atoms with Crippen molar-refractivity contribution in [2.45, 2.75) is 124 Å². The molecule has 0 saturated carbocycles. The maximum Gasteiger partial charge on any atom is 0.148 e. The summed E-state index contributed by atoms with van der Waals surface area (Å²) in [5.74, 6) is -5.04. The number of fused-ring (bicyclic) bond motifs is 1. The summed E-state index contributed by atoms with van der Waals surface area (Å²) in [6.07, 6.45) is 1.24. The van der Waals surface area contributed by atoms with Crippen LogP contribution in [0.4, 0.5) is 0 Å². The number of hydrogen-bond donors (Lipinski definition) is 1. The summed E-state index contributed by atoms with van der Waals surface area (Å²) in [6.45, 7) is -20.0. The Morgan fingerprint density at radius 3 is 1.69 bits per heavy atom. The number of phenols is 1. The fourth-order valence-electron chi connectivity index (χ4n) is 9.70. The molecule has 5 heteroatoms. The fourth-order valence-corrected chi connectivity index (χ4v) is 9.70. The minimum atomic E-state index is -4.26. The molecule has 0 bridgehead atoms. The molecule has 2 aromatic heterocycles. The van der Waals surface area contributed by atoms with E-state index < -0.39 is 111 Å².